The average molecular weight is 646 g/mol. The molecule has 39 heavy (non-hydrogen) atoms. The van der Waals surface area contributed by atoms with Gasteiger partial charge in [-0.3, -0.25) is 0 Å². The number of ether oxygens (including phenoxy) is 1. The van der Waals surface area contributed by atoms with Gasteiger partial charge in [0.15, 0.2) is 0 Å². The predicted molar refractivity (Wildman–Crippen MR) is 148 cm³/mol. The first-order valence-electron chi connectivity index (χ1n) is 11.3. The Bertz CT molecular complexity index is 1220. The number of carboxylic acids is 2. The van der Waals surface area contributed by atoms with Gasteiger partial charge in [0.05, 0.1) is 0 Å². The molecular formula is C24H27ClN4O8SSe. The van der Waals surface area contributed by atoms with Crippen molar-refractivity contribution in [2.75, 3.05) is 24.7 Å². The standard InChI is InChI=1S/C24H27ClN4O8SSe/c1-37-18-10-13(6-7-15(18)25)28-22(33)14-4-2-3-5-19(14)39-38-12-17(23(34)27-11-21(31)32)29-20(30)9-8-16(26)24(35)36/h2-7,10,16-17H,8-9,11-12,26H2,1H3,(H,27,34)(H,28,33)(H,29,30)(H,31,32)(H,35,36). The summed E-state index contributed by atoms with van der Waals surface area (Å²) in [7, 11) is 2.76. The van der Waals surface area contributed by atoms with E-state index < -0.39 is 42.4 Å². The molecule has 7 N–H and O–H groups in total. The third-order valence-corrected chi connectivity index (χ3v) is 9.54. The number of anilines is 1. The summed E-state index contributed by atoms with van der Waals surface area (Å²) in [6, 6.07) is 9.42. The number of nitrogens with one attached hydrogen (secondary N) is 3. The number of amides is 3. The van der Waals surface area contributed by atoms with Gasteiger partial charge in [-0.25, -0.2) is 0 Å². The van der Waals surface area contributed by atoms with Gasteiger partial charge in [0.2, 0.25) is 0 Å². The van der Waals surface area contributed by atoms with Crippen LogP contribution < -0.4 is 30.9 Å². The Balaban J connectivity index is 2.06. The molecule has 210 valence electrons. The zero-order valence-corrected chi connectivity index (χ0v) is 23.9. The zero-order valence-electron chi connectivity index (χ0n) is 20.6. The number of rotatable bonds is 15. The SMILES string of the molecule is COc1cc(NC(=O)c2ccccc2[Se]SCC(NC(=O)CCC(N)C(=O)O)C(=O)NCC(=O)O)ccc1Cl. The molecule has 0 radical (unpaired) electrons. The number of aliphatic carboxylic acids is 2. The molecule has 12 nitrogen and oxygen atoms in total. The van der Waals surface area contributed by atoms with E-state index in [4.69, 9.17) is 32.3 Å². The summed E-state index contributed by atoms with van der Waals surface area (Å²) < 4.78 is 5.90. The van der Waals surface area contributed by atoms with Crippen molar-refractivity contribution in [1.29, 1.82) is 0 Å². The fourth-order valence-corrected chi connectivity index (χ4v) is 7.38. The number of hydrogen-bond donors (Lipinski definition) is 6. The van der Waals surface area contributed by atoms with Gasteiger partial charge >= 0.3 is 239 Å². The summed E-state index contributed by atoms with van der Waals surface area (Å²) in [6.45, 7) is -0.636. The molecule has 0 aliphatic carbocycles. The number of carboxylic acid groups (broad SMARTS) is 2. The van der Waals surface area contributed by atoms with Gasteiger partial charge in [-0.05, 0) is 0 Å². The van der Waals surface area contributed by atoms with Crippen molar-refractivity contribution in [3.63, 3.8) is 0 Å². The van der Waals surface area contributed by atoms with Crippen LogP contribution >= 0.6 is 21.8 Å². The molecule has 2 aromatic rings. The monoisotopic (exact) mass is 646 g/mol. The van der Waals surface area contributed by atoms with Crippen LogP contribution in [0.15, 0.2) is 42.5 Å². The van der Waals surface area contributed by atoms with Crippen molar-refractivity contribution in [2.24, 2.45) is 5.73 Å². The van der Waals surface area contributed by atoms with E-state index in [9.17, 15) is 24.0 Å². The van der Waals surface area contributed by atoms with Crippen molar-refractivity contribution in [2.45, 2.75) is 24.9 Å². The number of carbonyl (C=O) groups is 5. The number of carbonyl (C=O) groups excluding carboxylic acids is 3. The second kappa shape index (κ2) is 16.0. The minimum absolute atomic E-state index is 0.0759. The van der Waals surface area contributed by atoms with Gasteiger partial charge in [-0.1, -0.05) is 0 Å². The molecule has 0 fully saturated rings. The maximum absolute atomic E-state index is 13.0. The van der Waals surface area contributed by atoms with E-state index in [1.807, 2.05) is 0 Å². The third-order valence-electron chi connectivity index (χ3n) is 4.99. The summed E-state index contributed by atoms with van der Waals surface area (Å²) in [5.41, 5.74) is 6.32. The number of hydrogen-bond acceptors (Lipinski definition) is 8. The van der Waals surface area contributed by atoms with Gasteiger partial charge in [-0.2, -0.15) is 0 Å². The molecule has 2 unspecified atom stereocenters. The fourth-order valence-electron chi connectivity index (χ4n) is 2.97. The van der Waals surface area contributed by atoms with Crippen LogP contribution in [0.4, 0.5) is 5.69 Å². The van der Waals surface area contributed by atoms with Crippen molar-refractivity contribution >= 4 is 75.4 Å². The first-order valence-corrected chi connectivity index (χ1v) is 15.6. The molecule has 0 aliphatic heterocycles. The molecule has 0 bridgehead atoms. The van der Waals surface area contributed by atoms with E-state index in [0.29, 0.717) is 22.0 Å². The van der Waals surface area contributed by atoms with Crippen LogP contribution in [-0.4, -0.2) is 85.2 Å². The van der Waals surface area contributed by atoms with Gasteiger partial charge in [0, 0.05) is 0 Å². The fraction of sp³-hybridized carbons (Fsp3) is 0.292. The van der Waals surface area contributed by atoms with Crippen LogP contribution in [0.5, 0.6) is 5.75 Å². The molecule has 0 aliphatic rings. The Morgan fingerprint density at radius 2 is 1.85 bits per heavy atom. The second-order valence-electron chi connectivity index (χ2n) is 7.88. The molecule has 15 heteroatoms. The van der Waals surface area contributed by atoms with E-state index in [2.05, 4.69) is 16.0 Å². The molecule has 2 aromatic carbocycles. The van der Waals surface area contributed by atoms with Crippen LogP contribution in [-0.2, 0) is 19.2 Å². The summed E-state index contributed by atoms with van der Waals surface area (Å²) in [4.78, 5) is 59.5. The molecule has 2 rings (SSSR count). The number of methoxy groups -OCH3 is 1. The molecule has 0 saturated carbocycles. The van der Waals surface area contributed by atoms with Crippen LogP contribution in [0, 0.1) is 0 Å². The molecule has 0 saturated heterocycles. The first kappa shape index (κ1) is 31.9. The number of benzene rings is 2. The van der Waals surface area contributed by atoms with Crippen molar-refractivity contribution in [3.05, 3.63) is 53.1 Å². The van der Waals surface area contributed by atoms with Crippen LogP contribution in [0.1, 0.15) is 23.2 Å². The van der Waals surface area contributed by atoms with Crippen molar-refractivity contribution in [3.8, 4) is 5.75 Å². The minimum atomic E-state index is -1.25. The average Bonchev–Trinajstić information content (AvgIpc) is 2.90. The van der Waals surface area contributed by atoms with Gasteiger partial charge in [0.25, 0.3) is 0 Å². The van der Waals surface area contributed by atoms with Gasteiger partial charge in [0.1, 0.15) is 0 Å². The summed E-state index contributed by atoms with van der Waals surface area (Å²) in [6.07, 6.45) is -0.367. The summed E-state index contributed by atoms with van der Waals surface area (Å²) in [5, 5.41) is 25.7. The number of nitrogens with two attached hydrogens (primary N) is 1. The summed E-state index contributed by atoms with van der Waals surface area (Å²) >= 11 is 5.66. The van der Waals surface area contributed by atoms with Gasteiger partial charge in [-0.15, -0.1) is 0 Å². The van der Waals surface area contributed by atoms with E-state index in [-0.39, 0.29) is 38.3 Å². The first-order chi connectivity index (χ1) is 18.5. The maximum atomic E-state index is 13.0. The Labute approximate surface area is 238 Å². The predicted octanol–water partition coefficient (Wildman–Crippen LogP) is 0.456. The van der Waals surface area contributed by atoms with Crippen LogP contribution in [0.3, 0.4) is 0 Å². The molecule has 3 amide bonds. The zero-order chi connectivity index (χ0) is 28.9. The molecule has 0 aromatic heterocycles. The molecule has 0 spiro atoms. The Hall–Kier alpha value is -3.29. The third kappa shape index (κ3) is 10.8. The van der Waals surface area contributed by atoms with Crippen molar-refractivity contribution in [1.82, 2.24) is 10.6 Å². The quantitative estimate of drug-likeness (QED) is 0.148. The normalized spacial score (nSPS) is 12.1. The summed E-state index contributed by atoms with van der Waals surface area (Å²) in [5.74, 6) is -3.71. The van der Waals surface area contributed by atoms with E-state index >= 15 is 0 Å². The van der Waals surface area contributed by atoms with Crippen LogP contribution in [0.25, 0.3) is 0 Å². The van der Waals surface area contributed by atoms with Crippen LogP contribution in [0.2, 0.25) is 5.02 Å². The Kier molecular flexibility index (Phi) is 13.1. The molecule has 2 atom stereocenters. The topological polar surface area (TPSA) is 197 Å². The van der Waals surface area contributed by atoms with E-state index in [1.54, 1.807) is 42.5 Å². The second-order valence-corrected chi connectivity index (χ2v) is 12.5. The van der Waals surface area contributed by atoms with Crippen molar-refractivity contribution < 1.29 is 38.9 Å². The van der Waals surface area contributed by atoms with E-state index in [1.165, 1.54) is 17.3 Å². The molecular weight excluding hydrogens is 619 g/mol. The molecule has 0 heterocycles. The Morgan fingerprint density at radius 1 is 1.13 bits per heavy atom. The Morgan fingerprint density at radius 3 is 2.51 bits per heavy atom. The number of halogens is 1. The van der Waals surface area contributed by atoms with E-state index in [0.717, 1.165) is 4.46 Å². The van der Waals surface area contributed by atoms with Gasteiger partial charge < -0.3 is 0 Å².